The molecule has 0 saturated carbocycles. The minimum Gasteiger partial charge on any atom is -0.501 e. The number of ether oxygens (including phenoxy) is 2. The normalized spacial score (nSPS) is 20.5. The van der Waals surface area contributed by atoms with Crippen molar-refractivity contribution >= 4 is 29.7 Å². The number of halogens is 2. The highest BCUT2D eigenvalue weighted by molar-refractivity contribution is 8.00. The van der Waals surface area contributed by atoms with Crippen molar-refractivity contribution < 1.29 is 32.6 Å². The molecule has 10 heteroatoms. The Bertz CT molecular complexity index is 730. The van der Waals surface area contributed by atoms with Crippen LogP contribution in [0, 0.1) is 0 Å². The van der Waals surface area contributed by atoms with Crippen molar-refractivity contribution in [2.45, 2.75) is 24.1 Å². The minimum absolute atomic E-state index is 0.0864. The summed E-state index contributed by atoms with van der Waals surface area (Å²) >= 11 is 0.884. The SMILES string of the molecule is CCO/C=C/C(=O)NC(=O)N[C@H]1CS[C@H](COC(=O)c2ccccc2)C1(F)F. The van der Waals surface area contributed by atoms with Gasteiger partial charge in [-0.25, -0.2) is 18.4 Å². The van der Waals surface area contributed by atoms with Crippen LogP contribution in [0.5, 0.6) is 0 Å². The Balaban J connectivity index is 1.84. The molecule has 0 aliphatic carbocycles. The Morgan fingerprint density at radius 2 is 2.00 bits per heavy atom. The fourth-order valence-electron chi connectivity index (χ4n) is 2.32. The fraction of sp³-hybridized carbons (Fsp3) is 0.389. The molecule has 28 heavy (non-hydrogen) atoms. The number of amides is 3. The summed E-state index contributed by atoms with van der Waals surface area (Å²) in [6, 6.07) is 5.50. The molecule has 152 valence electrons. The summed E-state index contributed by atoms with van der Waals surface area (Å²) in [4.78, 5) is 35.1. The predicted molar refractivity (Wildman–Crippen MR) is 99.1 cm³/mol. The number of benzene rings is 1. The van der Waals surface area contributed by atoms with E-state index in [0.717, 1.165) is 24.1 Å². The Hall–Kier alpha value is -2.62. The lowest BCUT2D eigenvalue weighted by Gasteiger charge is -2.24. The standard InChI is InChI=1S/C18H20F2N2O5S/c1-2-26-9-8-15(23)22-17(25)21-13-11-28-14(18(13,19)20)10-27-16(24)12-6-4-3-5-7-12/h3-9,13-14H,2,10-11H2,1H3,(H2,21,22,23,25)/b9-8+/t13-,14+/m0/s1. The summed E-state index contributed by atoms with van der Waals surface area (Å²) in [6.45, 7) is 1.56. The number of carbonyl (C=O) groups is 3. The van der Waals surface area contributed by atoms with E-state index in [-0.39, 0.29) is 11.3 Å². The van der Waals surface area contributed by atoms with Crippen molar-refractivity contribution in [1.29, 1.82) is 0 Å². The second-order valence-corrected chi connectivity index (χ2v) is 6.97. The van der Waals surface area contributed by atoms with E-state index >= 15 is 0 Å². The van der Waals surface area contributed by atoms with E-state index in [4.69, 9.17) is 9.47 Å². The topological polar surface area (TPSA) is 93.7 Å². The molecule has 2 atom stereocenters. The molecule has 3 amide bonds. The average Bonchev–Trinajstić information content (AvgIpc) is 2.94. The maximum absolute atomic E-state index is 14.5. The van der Waals surface area contributed by atoms with Crippen molar-refractivity contribution in [2.24, 2.45) is 0 Å². The molecule has 0 radical (unpaired) electrons. The summed E-state index contributed by atoms with van der Waals surface area (Å²) in [6.07, 6.45) is 2.07. The smallest absolute Gasteiger partial charge is 0.338 e. The molecule has 0 bridgehead atoms. The fourth-order valence-corrected chi connectivity index (χ4v) is 3.60. The maximum atomic E-state index is 14.5. The second kappa shape index (κ2) is 10.1. The van der Waals surface area contributed by atoms with Crippen LogP contribution in [0.15, 0.2) is 42.7 Å². The third-order valence-corrected chi connectivity index (χ3v) is 5.14. The first-order valence-electron chi connectivity index (χ1n) is 8.45. The first kappa shape index (κ1) is 21.7. The Morgan fingerprint density at radius 3 is 2.68 bits per heavy atom. The molecule has 0 aromatic heterocycles. The van der Waals surface area contributed by atoms with Crippen LogP contribution < -0.4 is 10.6 Å². The number of urea groups is 1. The van der Waals surface area contributed by atoms with Gasteiger partial charge in [0.05, 0.1) is 18.4 Å². The largest absolute Gasteiger partial charge is 0.501 e. The summed E-state index contributed by atoms with van der Waals surface area (Å²) < 4.78 is 38.8. The van der Waals surface area contributed by atoms with Gasteiger partial charge in [0.25, 0.3) is 11.8 Å². The lowest BCUT2D eigenvalue weighted by atomic mass is 10.1. The summed E-state index contributed by atoms with van der Waals surface area (Å²) in [5, 5.41) is 2.68. The summed E-state index contributed by atoms with van der Waals surface area (Å²) in [7, 11) is 0. The van der Waals surface area contributed by atoms with Gasteiger partial charge in [0, 0.05) is 11.8 Å². The van der Waals surface area contributed by atoms with Crippen LogP contribution in [-0.4, -0.2) is 54.1 Å². The van der Waals surface area contributed by atoms with E-state index in [1.807, 2.05) is 5.32 Å². The van der Waals surface area contributed by atoms with Gasteiger partial charge in [0.2, 0.25) is 0 Å². The van der Waals surface area contributed by atoms with Crippen LogP contribution in [0.3, 0.4) is 0 Å². The first-order valence-corrected chi connectivity index (χ1v) is 9.50. The van der Waals surface area contributed by atoms with Gasteiger partial charge >= 0.3 is 12.0 Å². The molecule has 1 fully saturated rings. The van der Waals surface area contributed by atoms with Gasteiger partial charge in [0.15, 0.2) is 0 Å². The zero-order valence-electron chi connectivity index (χ0n) is 15.0. The van der Waals surface area contributed by atoms with Gasteiger partial charge in [-0.2, -0.15) is 0 Å². The molecule has 1 heterocycles. The molecule has 1 aliphatic rings. The third kappa shape index (κ3) is 5.95. The van der Waals surface area contributed by atoms with Crippen molar-refractivity contribution in [3.8, 4) is 0 Å². The van der Waals surface area contributed by atoms with Gasteiger partial charge in [0.1, 0.15) is 17.9 Å². The quantitative estimate of drug-likeness (QED) is 0.404. The van der Waals surface area contributed by atoms with Gasteiger partial charge < -0.3 is 14.8 Å². The van der Waals surface area contributed by atoms with Crippen LogP contribution in [0.25, 0.3) is 0 Å². The van der Waals surface area contributed by atoms with Crippen molar-refractivity contribution in [2.75, 3.05) is 19.0 Å². The number of hydrogen-bond acceptors (Lipinski definition) is 6. The highest BCUT2D eigenvalue weighted by Gasteiger charge is 2.54. The first-order chi connectivity index (χ1) is 13.3. The number of nitrogens with one attached hydrogen (secondary N) is 2. The van der Waals surface area contributed by atoms with E-state index in [9.17, 15) is 23.2 Å². The van der Waals surface area contributed by atoms with E-state index in [1.165, 1.54) is 12.1 Å². The third-order valence-electron chi connectivity index (χ3n) is 3.76. The van der Waals surface area contributed by atoms with E-state index in [0.29, 0.717) is 6.61 Å². The molecule has 2 rings (SSSR count). The van der Waals surface area contributed by atoms with Crippen LogP contribution in [0.4, 0.5) is 13.6 Å². The number of alkyl halides is 2. The number of esters is 1. The summed E-state index contributed by atoms with van der Waals surface area (Å²) in [5.41, 5.74) is 0.265. The monoisotopic (exact) mass is 414 g/mol. The van der Waals surface area contributed by atoms with Crippen LogP contribution in [0.2, 0.25) is 0 Å². The lowest BCUT2D eigenvalue weighted by Crippen LogP contribution is -2.53. The van der Waals surface area contributed by atoms with Gasteiger partial charge in [-0.3, -0.25) is 10.1 Å². The Labute approximate surface area is 164 Å². The molecule has 0 unspecified atom stereocenters. The van der Waals surface area contributed by atoms with Crippen molar-refractivity contribution in [3.63, 3.8) is 0 Å². The minimum atomic E-state index is -3.32. The zero-order valence-corrected chi connectivity index (χ0v) is 15.8. The number of carbonyl (C=O) groups excluding carboxylic acids is 3. The van der Waals surface area contributed by atoms with Crippen LogP contribution in [0.1, 0.15) is 17.3 Å². The second-order valence-electron chi connectivity index (χ2n) is 5.73. The number of imide groups is 1. The number of thioether (sulfide) groups is 1. The maximum Gasteiger partial charge on any atom is 0.338 e. The highest BCUT2D eigenvalue weighted by Crippen LogP contribution is 2.40. The van der Waals surface area contributed by atoms with E-state index in [1.54, 1.807) is 25.1 Å². The molecule has 1 aliphatic heterocycles. The lowest BCUT2D eigenvalue weighted by molar-refractivity contribution is -0.115. The molecule has 7 nitrogen and oxygen atoms in total. The molecule has 1 aromatic rings. The van der Waals surface area contributed by atoms with E-state index < -0.39 is 41.7 Å². The van der Waals surface area contributed by atoms with Gasteiger partial charge in [-0.15, -0.1) is 11.8 Å². The molecule has 0 spiro atoms. The molecule has 2 N–H and O–H groups in total. The van der Waals surface area contributed by atoms with Crippen LogP contribution in [-0.2, 0) is 14.3 Å². The molecular formula is C18H20F2N2O5S. The van der Waals surface area contributed by atoms with Gasteiger partial charge in [-0.1, -0.05) is 18.2 Å². The Kier molecular flexibility index (Phi) is 7.80. The van der Waals surface area contributed by atoms with Gasteiger partial charge in [-0.05, 0) is 19.1 Å². The highest BCUT2D eigenvalue weighted by atomic mass is 32.2. The Morgan fingerprint density at radius 1 is 1.29 bits per heavy atom. The molecular weight excluding hydrogens is 394 g/mol. The van der Waals surface area contributed by atoms with Crippen LogP contribution >= 0.6 is 11.8 Å². The number of hydrogen-bond donors (Lipinski definition) is 2. The number of rotatable bonds is 7. The zero-order chi connectivity index (χ0) is 20.6. The van der Waals surface area contributed by atoms with E-state index in [2.05, 4.69) is 5.32 Å². The molecule has 1 aromatic carbocycles. The van der Waals surface area contributed by atoms with Crippen molar-refractivity contribution in [3.05, 3.63) is 48.2 Å². The average molecular weight is 414 g/mol. The predicted octanol–water partition coefficient (Wildman–Crippen LogP) is 2.34. The molecule has 1 saturated heterocycles. The van der Waals surface area contributed by atoms with Crippen molar-refractivity contribution in [1.82, 2.24) is 10.6 Å². The summed E-state index contributed by atoms with van der Waals surface area (Å²) in [5.74, 6) is -4.90.